The molecule has 1 unspecified atom stereocenters. The lowest BCUT2D eigenvalue weighted by atomic mass is 10.1. The summed E-state index contributed by atoms with van der Waals surface area (Å²) in [5.41, 5.74) is 2.81. The van der Waals surface area contributed by atoms with E-state index < -0.39 is 16.9 Å². The lowest BCUT2D eigenvalue weighted by Gasteiger charge is -2.21. The van der Waals surface area contributed by atoms with Crippen LogP contribution in [0.15, 0.2) is 36.4 Å². The van der Waals surface area contributed by atoms with Crippen molar-refractivity contribution >= 4 is 28.9 Å². The Bertz CT molecular complexity index is 998. The van der Waals surface area contributed by atoms with Crippen molar-refractivity contribution in [2.45, 2.75) is 32.3 Å². The van der Waals surface area contributed by atoms with E-state index in [1.54, 1.807) is 30.0 Å². The molecule has 1 N–H and O–H groups in total. The van der Waals surface area contributed by atoms with Gasteiger partial charge in [-0.15, -0.1) is 0 Å². The Morgan fingerprint density at radius 3 is 2.83 bits per heavy atom. The van der Waals surface area contributed by atoms with Crippen molar-refractivity contribution in [1.29, 1.82) is 0 Å². The summed E-state index contributed by atoms with van der Waals surface area (Å²) >= 11 is 0. The number of nitro benzene ring substituents is 1. The zero-order valence-electron chi connectivity index (χ0n) is 16.0. The highest BCUT2D eigenvalue weighted by molar-refractivity contribution is 6.06. The van der Waals surface area contributed by atoms with E-state index >= 15 is 0 Å². The monoisotopic (exact) mass is 395 g/mol. The predicted octanol–water partition coefficient (Wildman–Crippen LogP) is 3.22. The minimum Gasteiger partial charge on any atom is -0.368 e. The minimum absolute atomic E-state index is 0.0424. The highest BCUT2D eigenvalue weighted by atomic mass is 16.6. The molecule has 8 heteroatoms. The van der Waals surface area contributed by atoms with Gasteiger partial charge in [0.15, 0.2) is 0 Å². The number of ether oxygens (including phenoxy) is 1. The van der Waals surface area contributed by atoms with Crippen LogP contribution in [0.2, 0.25) is 0 Å². The molecule has 29 heavy (non-hydrogen) atoms. The summed E-state index contributed by atoms with van der Waals surface area (Å²) in [6.07, 6.45) is 1.97. The molecule has 2 aliphatic heterocycles. The number of nitrogens with zero attached hydrogens (tertiary/aromatic N) is 2. The van der Waals surface area contributed by atoms with Gasteiger partial charge in [-0.3, -0.25) is 19.7 Å². The Kier molecular flexibility index (Phi) is 5.02. The molecule has 150 valence electrons. The molecular formula is C21H21N3O5. The quantitative estimate of drug-likeness (QED) is 0.633. The molecule has 1 atom stereocenters. The van der Waals surface area contributed by atoms with E-state index in [0.29, 0.717) is 24.4 Å². The van der Waals surface area contributed by atoms with Crippen molar-refractivity contribution in [2.24, 2.45) is 0 Å². The molecule has 1 saturated heterocycles. The summed E-state index contributed by atoms with van der Waals surface area (Å²) in [5, 5.41) is 13.9. The van der Waals surface area contributed by atoms with Crippen LogP contribution in [0, 0.1) is 17.0 Å². The molecule has 0 aromatic heterocycles. The second-order valence-electron chi connectivity index (χ2n) is 7.25. The molecule has 8 nitrogen and oxygen atoms in total. The molecule has 2 heterocycles. The summed E-state index contributed by atoms with van der Waals surface area (Å²) in [7, 11) is 0. The maximum Gasteiger partial charge on any atom is 0.273 e. The predicted molar refractivity (Wildman–Crippen MR) is 107 cm³/mol. The maximum atomic E-state index is 12.8. The highest BCUT2D eigenvalue weighted by Crippen LogP contribution is 2.33. The number of hydrogen-bond acceptors (Lipinski definition) is 5. The second-order valence-corrected chi connectivity index (χ2v) is 7.25. The van der Waals surface area contributed by atoms with Crippen molar-refractivity contribution in [3.8, 4) is 0 Å². The molecule has 2 aliphatic rings. The molecule has 1 fully saturated rings. The first-order valence-electron chi connectivity index (χ1n) is 9.57. The maximum absolute atomic E-state index is 12.8. The number of nitrogens with one attached hydrogen (secondary N) is 1. The summed E-state index contributed by atoms with van der Waals surface area (Å²) < 4.78 is 5.52. The number of fused-ring (bicyclic) bond motifs is 1. The summed E-state index contributed by atoms with van der Waals surface area (Å²) in [4.78, 5) is 37.8. The average molecular weight is 395 g/mol. The number of benzene rings is 2. The molecule has 2 amide bonds. The molecule has 2 aromatic carbocycles. The first-order chi connectivity index (χ1) is 14.0. The van der Waals surface area contributed by atoms with Crippen LogP contribution < -0.4 is 10.2 Å². The lowest BCUT2D eigenvalue weighted by Crippen LogP contribution is -2.37. The van der Waals surface area contributed by atoms with Gasteiger partial charge < -0.3 is 15.0 Å². The lowest BCUT2D eigenvalue weighted by molar-refractivity contribution is -0.385. The van der Waals surface area contributed by atoms with Crippen LogP contribution in [0.4, 0.5) is 17.1 Å². The molecule has 2 aromatic rings. The van der Waals surface area contributed by atoms with Crippen LogP contribution >= 0.6 is 0 Å². The van der Waals surface area contributed by atoms with Gasteiger partial charge in [-0.25, -0.2) is 0 Å². The summed E-state index contributed by atoms with van der Waals surface area (Å²) in [6, 6.07) is 9.87. The molecule has 0 radical (unpaired) electrons. The van der Waals surface area contributed by atoms with Gasteiger partial charge in [0.2, 0.25) is 0 Å². The number of carbonyl (C=O) groups is 2. The minimum atomic E-state index is -0.504. The molecule has 4 rings (SSSR count). The van der Waals surface area contributed by atoms with E-state index in [9.17, 15) is 19.7 Å². The van der Waals surface area contributed by atoms with Crippen LogP contribution in [-0.2, 0) is 16.0 Å². The number of hydrogen-bond donors (Lipinski definition) is 1. The average Bonchev–Trinajstić information content (AvgIpc) is 3.37. The fourth-order valence-electron chi connectivity index (χ4n) is 3.90. The highest BCUT2D eigenvalue weighted by Gasteiger charge is 2.33. The van der Waals surface area contributed by atoms with E-state index in [1.165, 1.54) is 12.1 Å². The van der Waals surface area contributed by atoms with Crippen LogP contribution in [0.25, 0.3) is 0 Å². The van der Waals surface area contributed by atoms with Crippen molar-refractivity contribution < 1.29 is 19.2 Å². The Labute approximate surface area is 167 Å². The normalized spacial score (nSPS) is 17.8. The van der Waals surface area contributed by atoms with Gasteiger partial charge in [0, 0.05) is 41.7 Å². The van der Waals surface area contributed by atoms with Crippen molar-refractivity contribution in [2.75, 3.05) is 23.4 Å². The third-order valence-corrected chi connectivity index (χ3v) is 5.46. The molecule has 0 spiro atoms. The van der Waals surface area contributed by atoms with Crippen LogP contribution in [0.1, 0.15) is 34.3 Å². The molecule has 0 saturated carbocycles. The third kappa shape index (κ3) is 3.58. The van der Waals surface area contributed by atoms with Crippen LogP contribution in [-0.4, -0.2) is 36.0 Å². The third-order valence-electron chi connectivity index (χ3n) is 5.46. The Hall–Kier alpha value is -3.26. The van der Waals surface area contributed by atoms with Gasteiger partial charge >= 0.3 is 0 Å². The first-order valence-corrected chi connectivity index (χ1v) is 9.57. The van der Waals surface area contributed by atoms with E-state index in [-0.39, 0.29) is 17.2 Å². The zero-order chi connectivity index (χ0) is 20.5. The van der Waals surface area contributed by atoms with Gasteiger partial charge in [-0.2, -0.15) is 0 Å². The van der Waals surface area contributed by atoms with Crippen LogP contribution in [0.3, 0.4) is 0 Å². The fraction of sp³-hybridized carbons (Fsp3) is 0.333. The molecular weight excluding hydrogens is 374 g/mol. The SMILES string of the molecule is Cc1c(C(=O)Nc2ccc3c(c2)N(C(=O)C2CCCO2)CC3)cccc1[N+](=O)[O-]. The van der Waals surface area contributed by atoms with Crippen molar-refractivity contribution in [3.63, 3.8) is 0 Å². The van der Waals surface area contributed by atoms with E-state index in [2.05, 4.69) is 5.32 Å². The largest absolute Gasteiger partial charge is 0.368 e. The van der Waals surface area contributed by atoms with E-state index in [1.807, 2.05) is 6.07 Å². The fourth-order valence-corrected chi connectivity index (χ4v) is 3.90. The topological polar surface area (TPSA) is 102 Å². The van der Waals surface area contributed by atoms with Gasteiger partial charge in [-0.1, -0.05) is 12.1 Å². The van der Waals surface area contributed by atoms with Crippen LogP contribution in [0.5, 0.6) is 0 Å². The number of carbonyl (C=O) groups excluding carboxylic acids is 2. The van der Waals surface area contributed by atoms with Gasteiger partial charge in [-0.05, 0) is 49.9 Å². The standard InChI is InChI=1S/C21H21N3O5/c1-13-16(4-2-5-17(13)24(27)28)20(25)22-15-8-7-14-9-10-23(18(14)12-15)21(26)19-6-3-11-29-19/h2,4-5,7-8,12,19H,3,6,9-11H2,1H3,(H,22,25). The zero-order valence-corrected chi connectivity index (χ0v) is 16.0. The van der Waals surface area contributed by atoms with E-state index in [0.717, 1.165) is 30.5 Å². The Balaban J connectivity index is 1.56. The van der Waals surface area contributed by atoms with Crippen molar-refractivity contribution in [1.82, 2.24) is 0 Å². The summed E-state index contributed by atoms with van der Waals surface area (Å²) in [5.74, 6) is -0.472. The Morgan fingerprint density at radius 2 is 2.10 bits per heavy atom. The van der Waals surface area contributed by atoms with Gasteiger partial charge in [0.05, 0.1) is 4.92 Å². The number of rotatable bonds is 4. The van der Waals surface area contributed by atoms with Gasteiger partial charge in [0.25, 0.3) is 17.5 Å². The summed E-state index contributed by atoms with van der Waals surface area (Å²) in [6.45, 7) is 2.75. The van der Waals surface area contributed by atoms with E-state index in [4.69, 9.17) is 4.74 Å². The van der Waals surface area contributed by atoms with Gasteiger partial charge in [0.1, 0.15) is 6.10 Å². The second kappa shape index (κ2) is 7.63. The number of anilines is 2. The smallest absolute Gasteiger partial charge is 0.273 e. The molecule has 0 aliphatic carbocycles. The van der Waals surface area contributed by atoms with Crippen molar-refractivity contribution in [3.05, 3.63) is 63.2 Å². The number of nitro groups is 1. The Morgan fingerprint density at radius 1 is 1.28 bits per heavy atom. The molecule has 0 bridgehead atoms. The number of amides is 2. The first kappa shape index (κ1) is 19.1.